The highest BCUT2D eigenvalue weighted by Crippen LogP contribution is 2.49. The summed E-state index contributed by atoms with van der Waals surface area (Å²) < 4.78 is 13.9. The van der Waals surface area contributed by atoms with E-state index in [1.807, 2.05) is 32.9 Å². The first-order chi connectivity index (χ1) is 11.3. The number of hydrogen-bond donors (Lipinski definition) is 1. The van der Waals surface area contributed by atoms with Gasteiger partial charge in [-0.1, -0.05) is 43.1 Å². The molecule has 1 N–H and O–H groups in total. The molecule has 5 heteroatoms. The molecule has 0 spiro atoms. The maximum atomic E-state index is 13.9. The molecule has 24 heavy (non-hydrogen) atoms. The van der Waals surface area contributed by atoms with E-state index in [0.717, 1.165) is 12.0 Å². The number of nitrogens with one attached hydrogen (secondary N) is 1. The number of rotatable bonds is 6. The van der Waals surface area contributed by atoms with Crippen LogP contribution < -0.4 is 5.32 Å². The molecule has 0 radical (unpaired) electrons. The zero-order valence-electron chi connectivity index (χ0n) is 14.0. The number of allylic oxidation sites excluding steroid dienone is 3. The van der Waals surface area contributed by atoms with Crippen LogP contribution in [-0.2, 0) is 4.79 Å². The third-order valence-corrected chi connectivity index (χ3v) is 5.09. The lowest BCUT2D eigenvalue weighted by atomic mass is 10.1. The number of hydrogen-bond acceptors (Lipinski definition) is 1. The summed E-state index contributed by atoms with van der Waals surface area (Å²) in [5, 5.41) is 3.83. The lowest BCUT2D eigenvalue weighted by Gasteiger charge is -2.15. The molecule has 2 rings (SSSR count). The molecule has 2 nitrogen and oxygen atoms in total. The van der Waals surface area contributed by atoms with Gasteiger partial charge in [0.25, 0.3) is 0 Å². The quantitative estimate of drug-likeness (QED) is 0.508. The molecule has 1 unspecified atom stereocenters. The average molecular weight is 370 g/mol. The second-order valence-electron chi connectivity index (χ2n) is 6.61. The van der Waals surface area contributed by atoms with Crippen molar-refractivity contribution in [2.24, 2.45) is 11.8 Å². The van der Waals surface area contributed by atoms with Crippen molar-refractivity contribution in [3.05, 3.63) is 57.9 Å². The van der Waals surface area contributed by atoms with Gasteiger partial charge in [-0.05, 0) is 60.9 Å². The fourth-order valence-corrected chi connectivity index (χ4v) is 2.69. The molecular formula is C19H22Cl2FNO. The van der Waals surface area contributed by atoms with E-state index >= 15 is 0 Å². The molecule has 1 amide bonds. The Balaban J connectivity index is 1.89. The largest absolute Gasteiger partial charge is 0.350 e. The fourth-order valence-electron chi connectivity index (χ4n) is 2.38. The SMILES string of the molecule is CC(C)C(C)NC(=O)C=CC(F)=C[C@@H]1C[C@H]1c1ccc(Cl)c(Cl)c1. The Morgan fingerprint density at radius 1 is 1.25 bits per heavy atom. The van der Waals surface area contributed by atoms with Crippen LogP contribution in [0.15, 0.2) is 42.3 Å². The van der Waals surface area contributed by atoms with Crippen molar-refractivity contribution in [2.75, 3.05) is 0 Å². The Kier molecular flexibility index (Phi) is 6.47. The third kappa shape index (κ3) is 5.35. The van der Waals surface area contributed by atoms with Crippen LogP contribution in [0.2, 0.25) is 10.0 Å². The van der Waals surface area contributed by atoms with E-state index in [9.17, 15) is 9.18 Å². The maximum Gasteiger partial charge on any atom is 0.244 e. The predicted molar refractivity (Wildman–Crippen MR) is 98.1 cm³/mol. The Bertz CT molecular complexity index is 669. The number of benzene rings is 1. The molecule has 130 valence electrons. The monoisotopic (exact) mass is 369 g/mol. The third-order valence-electron chi connectivity index (χ3n) is 4.35. The van der Waals surface area contributed by atoms with Crippen LogP contribution in [0.4, 0.5) is 4.39 Å². The van der Waals surface area contributed by atoms with Crippen molar-refractivity contribution >= 4 is 29.1 Å². The minimum absolute atomic E-state index is 0.0525. The van der Waals surface area contributed by atoms with Crippen molar-refractivity contribution in [3.8, 4) is 0 Å². The standard InChI is InChI=1S/C19H22Cl2FNO/c1-11(2)12(3)23-19(24)7-5-15(22)8-14-9-16(14)13-4-6-17(20)18(21)10-13/h4-8,10-12,14,16H,9H2,1-3H3,(H,23,24)/t12?,14-,16+/m1/s1. The van der Waals surface area contributed by atoms with Crippen LogP contribution in [0.25, 0.3) is 0 Å². The van der Waals surface area contributed by atoms with Gasteiger partial charge in [0.15, 0.2) is 0 Å². The second-order valence-corrected chi connectivity index (χ2v) is 7.42. The molecule has 0 aromatic heterocycles. The van der Waals surface area contributed by atoms with Crippen LogP contribution >= 0.6 is 23.2 Å². The maximum absolute atomic E-state index is 13.9. The van der Waals surface area contributed by atoms with Gasteiger partial charge in [0.2, 0.25) is 5.91 Å². The van der Waals surface area contributed by atoms with Crippen molar-refractivity contribution in [3.63, 3.8) is 0 Å². The van der Waals surface area contributed by atoms with Gasteiger partial charge in [-0.25, -0.2) is 4.39 Å². The van der Waals surface area contributed by atoms with Crippen molar-refractivity contribution in [1.82, 2.24) is 5.32 Å². The summed E-state index contributed by atoms with van der Waals surface area (Å²) in [6, 6.07) is 5.56. The van der Waals surface area contributed by atoms with Crippen molar-refractivity contribution in [1.29, 1.82) is 0 Å². The summed E-state index contributed by atoms with van der Waals surface area (Å²) in [5.41, 5.74) is 1.06. The average Bonchev–Trinajstić information content (AvgIpc) is 3.27. The van der Waals surface area contributed by atoms with E-state index in [4.69, 9.17) is 23.2 Å². The van der Waals surface area contributed by atoms with E-state index in [1.165, 1.54) is 12.2 Å². The Morgan fingerprint density at radius 2 is 1.96 bits per heavy atom. The van der Waals surface area contributed by atoms with Gasteiger partial charge in [-0.3, -0.25) is 4.79 Å². The summed E-state index contributed by atoms with van der Waals surface area (Å²) in [4.78, 5) is 11.7. The van der Waals surface area contributed by atoms with E-state index < -0.39 is 5.83 Å². The normalized spacial score (nSPS) is 22.0. The van der Waals surface area contributed by atoms with Crippen LogP contribution in [0.5, 0.6) is 0 Å². The molecule has 1 aromatic carbocycles. The summed E-state index contributed by atoms with van der Waals surface area (Å²) in [6.45, 7) is 5.96. The van der Waals surface area contributed by atoms with E-state index in [0.29, 0.717) is 16.0 Å². The molecule has 0 bridgehead atoms. The Hall–Kier alpha value is -1.32. The summed E-state index contributed by atoms with van der Waals surface area (Å²) in [7, 11) is 0. The highest BCUT2D eigenvalue weighted by molar-refractivity contribution is 6.42. The lowest BCUT2D eigenvalue weighted by molar-refractivity contribution is -0.117. The van der Waals surface area contributed by atoms with Crippen molar-refractivity contribution in [2.45, 2.75) is 39.2 Å². The second kappa shape index (κ2) is 8.17. The molecule has 1 aliphatic carbocycles. The first-order valence-corrected chi connectivity index (χ1v) is 8.84. The van der Waals surface area contributed by atoms with Crippen LogP contribution in [0.1, 0.15) is 38.7 Å². The molecule has 0 saturated heterocycles. The minimum Gasteiger partial charge on any atom is -0.350 e. The molecule has 1 aliphatic rings. The number of halogens is 3. The van der Waals surface area contributed by atoms with Crippen LogP contribution in [-0.4, -0.2) is 11.9 Å². The Labute approximate surface area is 152 Å². The smallest absolute Gasteiger partial charge is 0.244 e. The predicted octanol–water partition coefficient (Wildman–Crippen LogP) is 5.67. The van der Waals surface area contributed by atoms with Gasteiger partial charge in [-0.2, -0.15) is 0 Å². The summed E-state index contributed by atoms with van der Waals surface area (Å²) in [5.74, 6) is 0.0471. The summed E-state index contributed by atoms with van der Waals surface area (Å²) in [6.07, 6.45) is 4.88. The van der Waals surface area contributed by atoms with Gasteiger partial charge >= 0.3 is 0 Å². The molecular weight excluding hydrogens is 348 g/mol. The van der Waals surface area contributed by atoms with Gasteiger partial charge in [0, 0.05) is 12.1 Å². The fraction of sp³-hybridized carbons (Fsp3) is 0.421. The molecule has 3 atom stereocenters. The number of carbonyl (C=O) groups is 1. The zero-order chi connectivity index (χ0) is 17.9. The lowest BCUT2D eigenvalue weighted by Crippen LogP contribution is -2.34. The zero-order valence-corrected chi connectivity index (χ0v) is 15.5. The van der Waals surface area contributed by atoms with Crippen LogP contribution in [0, 0.1) is 11.8 Å². The van der Waals surface area contributed by atoms with E-state index in [1.54, 1.807) is 12.1 Å². The molecule has 0 aliphatic heterocycles. The molecule has 0 heterocycles. The van der Waals surface area contributed by atoms with Gasteiger partial charge in [-0.15, -0.1) is 0 Å². The highest BCUT2D eigenvalue weighted by atomic mass is 35.5. The van der Waals surface area contributed by atoms with Crippen LogP contribution in [0.3, 0.4) is 0 Å². The van der Waals surface area contributed by atoms with Gasteiger partial charge < -0.3 is 5.32 Å². The number of amides is 1. The first kappa shape index (κ1) is 19.0. The highest BCUT2D eigenvalue weighted by Gasteiger charge is 2.37. The molecule has 1 saturated carbocycles. The van der Waals surface area contributed by atoms with Crippen molar-refractivity contribution < 1.29 is 9.18 Å². The van der Waals surface area contributed by atoms with Gasteiger partial charge in [0.1, 0.15) is 5.83 Å². The van der Waals surface area contributed by atoms with Gasteiger partial charge in [0.05, 0.1) is 10.0 Å². The first-order valence-electron chi connectivity index (χ1n) is 8.08. The minimum atomic E-state index is -0.394. The van der Waals surface area contributed by atoms with E-state index in [2.05, 4.69) is 5.32 Å². The van der Waals surface area contributed by atoms with E-state index in [-0.39, 0.29) is 23.8 Å². The number of carbonyl (C=O) groups excluding carboxylic acids is 1. The Morgan fingerprint density at radius 3 is 2.58 bits per heavy atom. The summed E-state index contributed by atoms with van der Waals surface area (Å²) >= 11 is 11.9. The molecule has 1 aromatic rings. The topological polar surface area (TPSA) is 29.1 Å². The molecule has 1 fully saturated rings.